The summed E-state index contributed by atoms with van der Waals surface area (Å²) in [6.07, 6.45) is 6.62. The number of nitrogens with zero attached hydrogens (tertiary/aromatic N) is 1. The van der Waals surface area contributed by atoms with Crippen LogP contribution in [0.5, 0.6) is 0 Å². The molecule has 0 amide bonds. The third-order valence-corrected chi connectivity index (χ3v) is 7.16. The summed E-state index contributed by atoms with van der Waals surface area (Å²) in [5, 5.41) is 1.57. The van der Waals surface area contributed by atoms with Crippen LogP contribution in [0.3, 0.4) is 0 Å². The third kappa shape index (κ3) is 2.62. The lowest BCUT2D eigenvalue weighted by molar-refractivity contribution is 0.348. The molecular weight excluding hydrogens is 320 g/mol. The van der Waals surface area contributed by atoms with Crippen LogP contribution >= 0.6 is 35.3 Å². The van der Waals surface area contributed by atoms with Gasteiger partial charge >= 0.3 is 0 Å². The Morgan fingerprint density at radius 3 is 2.57 bits per heavy atom. The molecular formula is C15H20N2OS3. The number of rotatable bonds is 2. The normalized spacial score (nSPS) is 22.8. The largest absolute Gasteiger partial charge is 0.323 e. The summed E-state index contributed by atoms with van der Waals surface area (Å²) in [5.74, 6) is 0. The van der Waals surface area contributed by atoms with Gasteiger partial charge in [-0.2, -0.15) is 11.8 Å². The number of aromatic amines is 1. The minimum Gasteiger partial charge on any atom is -0.323 e. The lowest BCUT2D eigenvalue weighted by atomic mass is 9.94. The lowest BCUT2D eigenvalue weighted by Gasteiger charge is -2.28. The molecule has 6 heteroatoms. The van der Waals surface area contributed by atoms with E-state index in [-0.39, 0.29) is 11.6 Å². The van der Waals surface area contributed by atoms with Gasteiger partial charge in [0.1, 0.15) is 4.83 Å². The highest BCUT2D eigenvalue weighted by atomic mass is 32.2. The van der Waals surface area contributed by atoms with Gasteiger partial charge in [0.15, 0.2) is 4.77 Å². The van der Waals surface area contributed by atoms with Crippen LogP contribution in [-0.2, 0) is 0 Å². The van der Waals surface area contributed by atoms with Gasteiger partial charge in [0.25, 0.3) is 5.56 Å². The van der Waals surface area contributed by atoms with Crippen molar-refractivity contribution in [2.45, 2.75) is 50.8 Å². The standard InChI is InChI=1S/C15H20N2OS3/c1-8-9(2)21-13-12(8)14(18)17(15(19)16-13)10-4-6-11(20-3)7-5-10/h10-11H,4-7H2,1-3H3,(H,16,19). The van der Waals surface area contributed by atoms with Crippen molar-refractivity contribution in [3.8, 4) is 0 Å². The third-order valence-electron chi connectivity index (χ3n) is 4.60. The summed E-state index contributed by atoms with van der Waals surface area (Å²) in [4.78, 5) is 18.3. The van der Waals surface area contributed by atoms with Gasteiger partial charge in [0.2, 0.25) is 0 Å². The molecule has 0 bridgehead atoms. The van der Waals surface area contributed by atoms with E-state index in [9.17, 15) is 4.79 Å². The van der Waals surface area contributed by atoms with Crippen molar-refractivity contribution >= 4 is 45.5 Å². The second-order valence-electron chi connectivity index (χ2n) is 5.76. The lowest BCUT2D eigenvalue weighted by Crippen LogP contribution is -2.30. The highest BCUT2D eigenvalue weighted by molar-refractivity contribution is 7.99. The summed E-state index contributed by atoms with van der Waals surface area (Å²) in [6.45, 7) is 4.09. The number of hydrogen-bond donors (Lipinski definition) is 1. The summed E-state index contributed by atoms with van der Waals surface area (Å²) < 4.78 is 2.43. The molecule has 0 unspecified atom stereocenters. The number of nitrogens with one attached hydrogen (secondary N) is 1. The molecule has 21 heavy (non-hydrogen) atoms. The predicted octanol–water partition coefficient (Wildman–Crippen LogP) is 4.58. The maximum Gasteiger partial charge on any atom is 0.263 e. The molecule has 1 aliphatic carbocycles. The quantitative estimate of drug-likeness (QED) is 0.813. The Morgan fingerprint density at radius 2 is 1.95 bits per heavy atom. The van der Waals surface area contributed by atoms with Crippen molar-refractivity contribution < 1.29 is 0 Å². The van der Waals surface area contributed by atoms with Gasteiger partial charge in [-0.1, -0.05) is 0 Å². The molecule has 0 spiro atoms. The molecule has 2 aromatic heterocycles. The average Bonchev–Trinajstić information content (AvgIpc) is 2.74. The molecule has 1 aliphatic rings. The second-order valence-corrected chi connectivity index (χ2v) is 8.51. The van der Waals surface area contributed by atoms with E-state index in [0.717, 1.165) is 33.9 Å². The predicted molar refractivity (Wildman–Crippen MR) is 95.6 cm³/mol. The van der Waals surface area contributed by atoms with Crippen molar-refractivity contribution in [2.75, 3.05) is 6.26 Å². The smallest absolute Gasteiger partial charge is 0.263 e. The zero-order chi connectivity index (χ0) is 15.1. The Hall–Kier alpha value is -0.590. The first-order valence-corrected chi connectivity index (χ1v) is 9.81. The number of fused-ring (bicyclic) bond motifs is 1. The molecule has 0 atom stereocenters. The first kappa shape index (κ1) is 15.3. The fourth-order valence-electron chi connectivity index (χ4n) is 3.21. The number of thioether (sulfide) groups is 1. The fourth-order valence-corrected chi connectivity index (χ4v) is 5.41. The van der Waals surface area contributed by atoms with Gasteiger partial charge in [-0.05, 0) is 63.6 Å². The topological polar surface area (TPSA) is 37.8 Å². The van der Waals surface area contributed by atoms with Crippen LogP contribution < -0.4 is 5.56 Å². The molecule has 1 fully saturated rings. The Morgan fingerprint density at radius 1 is 1.29 bits per heavy atom. The number of thiophene rings is 1. The highest BCUT2D eigenvalue weighted by Gasteiger charge is 2.24. The van der Waals surface area contributed by atoms with Gasteiger partial charge in [-0.15, -0.1) is 11.3 Å². The molecule has 114 valence electrons. The van der Waals surface area contributed by atoms with Crippen molar-refractivity contribution in [1.82, 2.24) is 9.55 Å². The first-order chi connectivity index (χ1) is 10.0. The molecule has 0 aliphatic heterocycles. The Labute approximate surface area is 137 Å². The summed E-state index contributed by atoms with van der Waals surface area (Å²) >= 11 is 9.03. The number of hydrogen-bond acceptors (Lipinski definition) is 4. The van der Waals surface area contributed by atoms with E-state index >= 15 is 0 Å². The molecule has 0 saturated heterocycles. The summed E-state index contributed by atoms with van der Waals surface area (Å²) in [6, 6.07) is 0.258. The van der Waals surface area contributed by atoms with Crippen molar-refractivity contribution in [2.24, 2.45) is 0 Å². The highest BCUT2D eigenvalue weighted by Crippen LogP contribution is 2.34. The van der Waals surface area contributed by atoms with E-state index in [4.69, 9.17) is 12.2 Å². The molecule has 3 rings (SSSR count). The Balaban J connectivity index is 2.09. The van der Waals surface area contributed by atoms with Crippen LogP contribution in [0.15, 0.2) is 4.79 Å². The monoisotopic (exact) mass is 340 g/mol. The molecule has 2 aromatic rings. The van der Waals surface area contributed by atoms with Crippen LogP contribution in [0.1, 0.15) is 42.2 Å². The van der Waals surface area contributed by atoms with Gasteiger partial charge in [-0.25, -0.2) is 0 Å². The van der Waals surface area contributed by atoms with E-state index < -0.39 is 0 Å². The molecule has 3 nitrogen and oxygen atoms in total. The van der Waals surface area contributed by atoms with Crippen molar-refractivity contribution in [3.05, 3.63) is 25.6 Å². The van der Waals surface area contributed by atoms with Crippen LogP contribution in [0.2, 0.25) is 0 Å². The zero-order valence-corrected chi connectivity index (χ0v) is 15.0. The van der Waals surface area contributed by atoms with Crippen LogP contribution in [0, 0.1) is 18.6 Å². The van der Waals surface area contributed by atoms with Crippen LogP contribution in [0.4, 0.5) is 0 Å². The second kappa shape index (κ2) is 5.89. The van der Waals surface area contributed by atoms with Crippen molar-refractivity contribution in [1.29, 1.82) is 0 Å². The van der Waals surface area contributed by atoms with Gasteiger partial charge in [0.05, 0.1) is 5.39 Å². The molecule has 0 aromatic carbocycles. The maximum atomic E-state index is 12.9. The minimum absolute atomic E-state index is 0.100. The Bertz CT molecular complexity index is 779. The SMILES string of the molecule is CSC1CCC(n2c(=S)[nH]c3sc(C)c(C)c3c2=O)CC1. The first-order valence-electron chi connectivity index (χ1n) is 7.30. The molecule has 1 N–H and O–H groups in total. The van der Waals surface area contributed by atoms with E-state index in [1.807, 2.05) is 23.3 Å². The number of H-pyrrole nitrogens is 1. The number of aryl methyl sites for hydroxylation is 2. The molecule has 0 radical (unpaired) electrons. The van der Waals surface area contributed by atoms with Crippen molar-refractivity contribution in [3.63, 3.8) is 0 Å². The molecule has 1 saturated carbocycles. The van der Waals surface area contributed by atoms with E-state index in [0.29, 0.717) is 4.77 Å². The van der Waals surface area contributed by atoms with E-state index in [1.54, 1.807) is 11.3 Å². The van der Waals surface area contributed by atoms with Gasteiger partial charge in [-0.3, -0.25) is 9.36 Å². The van der Waals surface area contributed by atoms with Crippen LogP contribution in [-0.4, -0.2) is 21.1 Å². The van der Waals surface area contributed by atoms with Gasteiger partial charge < -0.3 is 4.98 Å². The van der Waals surface area contributed by atoms with E-state index in [2.05, 4.69) is 18.2 Å². The van der Waals surface area contributed by atoms with E-state index in [1.165, 1.54) is 17.7 Å². The molecule has 2 heterocycles. The Kier molecular flexibility index (Phi) is 4.30. The zero-order valence-electron chi connectivity index (χ0n) is 12.6. The van der Waals surface area contributed by atoms with Gasteiger partial charge in [0, 0.05) is 16.2 Å². The summed E-state index contributed by atoms with van der Waals surface area (Å²) in [5.41, 5.74) is 1.20. The number of aromatic nitrogens is 2. The fraction of sp³-hybridized carbons (Fsp3) is 0.600. The average molecular weight is 341 g/mol. The maximum absolute atomic E-state index is 12.9. The van der Waals surface area contributed by atoms with Crippen LogP contribution in [0.25, 0.3) is 10.2 Å². The minimum atomic E-state index is 0.100. The summed E-state index contributed by atoms with van der Waals surface area (Å²) in [7, 11) is 0.